The number of methoxy groups -OCH3 is 2. The second-order valence-electron chi connectivity index (χ2n) is 6.98. The molecule has 0 amide bonds. The van der Waals surface area contributed by atoms with Crippen molar-refractivity contribution in [3.63, 3.8) is 0 Å². The molecule has 0 spiro atoms. The molecular weight excluding hydrogens is 308 g/mol. The molecule has 0 saturated carbocycles. The van der Waals surface area contributed by atoms with E-state index in [1.165, 1.54) is 0 Å². The summed E-state index contributed by atoms with van der Waals surface area (Å²) < 4.78 is 22.2. The lowest BCUT2D eigenvalue weighted by Crippen LogP contribution is -2.37. The molecule has 138 valence electrons. The number of ether oxygens (including phenoxy) is 4. The first-order valence-corrected chi connectivity index (χ1v) is 9.00. The van der Waals surface area contributed by atoms with Gasteiger partial charge < -0.3 is 18.9 Å². The third kappa shape index (κ3) is 4.93. The van der Waals surface area contributed by atoms with Gasteiger partial charge >= 0.3 is 0 Å². The quantitative estimate of drug-likeness (QED) is 0.668. The molecule has 0 aromatic rings. The van der Waals surface area contributed by atoms with Gasteiger partial charge in [0.05, 0.1) is 27.4 Å². The van der Waals surface area contributed by atoms with Crippen molar-refractivity contribution in [2.24, 2.45) is 15.9 Å². The van der Waals surface area contributed by atoms with Gasteiger partial charge in [-0.3, -0.25) is 0 Å². The van der Waals surface area contributed by atoms with Gasteiger partial charge in [0, 0.05) is 6.42 Å². The minimum Gasteiger partial charge on any atom is -0.483 e. The van der Waals surface area contributed by atoms with Gasteiger partial charge in [0.2, 0.25) is 11.8 Å². The van der Waals surface area contributed by atoms with Gasteiger partial charge in [0.25, 0.3) is 0 Å². The molecule has 2 aliphatic heterocycles. The maximum Gasteiger partial charge on any atom is 0.209 e. The van der Waals surface area contributed by atoms with Crippen LogP contribution >= 0.6 is 0 Å². The average molecular weight is 340 g/mol. The molecule has 1 saturated heterocycles. The molecule has 0 N–H and O–H groups in total. The topological polar surface area (TPSA) is 61.6 Å². The van der Waals surface area contributed by atoms with Crippen molar-refractivity contribution in [1.29, 1.82) is 0 Å². The summed E-state index contributed by atoms with van der Waals surface area (Å²) in [5.41, 5.74) is 0. The average Bonchev–Trinajstić information content (AvgIpc) is 3.00. The Morgan fingerprint density at radius 2 is 1.71 bits per heavy atom. The fraction of sp³-hybridized carbons (Fsp3) is 0.889. The second-order valence-corrected chi connectivity index (χ2v) is 6.98. The van der Waals surface area contributed by atoms with Crippen LogP contribution in [0.5, 0.6) is 0 Å². The summed E-state index contributed by atoms with van der Waals surface area (Å²) in [4.78, 5) is 9.44. The molecule has 2 heterocycles. The first-order chi connectivity index (χ1) is 11.5. The summed E-state index contributed by atoms with van der Waals surface area (Å²) in [5.74, 6) is 1.40. The highest BCUT2D eigenvalue weighted by Crippen LogP contribution is 2.26. The van der Waals surface area contributed by atoms with Gasteiger partial charge in [-0.2, -0.15) is 0 Å². The van der Waals surface area contributed by atoms with Crippen LogP contribution in [0.1, 0.15) is 52.9 Å². The molecule has 2 atom stereocenters. The molecule has 24 heavy (non-hydrogen) atoms. The SMILES string of the molecule is COC1=N[C@H](C(C)C)C(OC)=N[C@H]1CCCCCC1(C)OCCO1. The van der Waals surface area contributed by atoms with E-state index in [1.807, 2.05) is 6.92 Å². The smallest absolute Gasteiger partial charge is 0.209 e. The fourth-order valence-electron chi connectivity index (χ4n) is 3.21. The van der Waals surface area contributed by atoms with Crippen molar-refractivity contribution in [1.82, 2.24) is 0 Å². The van der Waals surface area contributed by atoms with Crippen LogP contribution in [0.15, 0.2) is 9.98 Å². The highest BCUT2D eigenvalue weighted by Gasteiger charge is 2.31. The van der Waals surface area contributed by atoms with E-state index in [2.05, 4.69) is 13.8 Å². The Hall–Kier alpha value is -1.14. The molecule has 0 radical (unpaired) electrons. The van der Waals surface area contributed by atoms with Crippen LogP contribution in [0.3, 0.4) is 0 Å². The van der Waals surface area contributed by atoms with Crippen molar-refractivity contribution in [2.75, 3.05) is 27.4 Å². The van der Waals surface area contributed by atoms with Crippen molar-refractivity contribution < 1.29 is 18.9 Å². The Morgan fingerprint density at radius 1 is 1.04 bits per heavy atom. The summed E-state index contributed by atoms with van der Waals surface area (Å²) >= 11 is 0. The molecule has 0 aliphatic carbocycles. The van der Waals surface area contributed by atoms with Gasteiger partial charge in [-0.1, -0.05) is 26.7 Å². The number of hydrogen-bond acceptors (Lipinski definition) is 6. The summed E-state index contributed by atoms with van der Waals surface area (Å²) in [6.45, 7) is 7.67. The molecule has 0 bridgehead atoms. The minimum absolute atomic E-state index is 0.0329. The van der Waals surface area contributed by atoms with Gasteiger partial charge in [0.15, 0.2) is 5.79 Å². The maximum atomic E-state index is 5.63. The number of unbranched alkanes of at least 4 members (excludes halogenated alkanes) is 2. The lowest BCUT2D eigenvalue weighted by Gasteiger charge is -2.27. The maximum absolute atomic E-state index is 5.63. The van der Waals surface area contributed by atoms with Crippen LogP contribution in [-0.4, -0.2) is 57.1 Å². The zero-order valence-corrected chi connectivity index (χ0v) is 15.7. The summed E-state index contributed by atoms with van der Waals surface area (Å²) in [6.07, 6.45) is 5.11. The monoisotopic (exact) mass is 340 g/mol. The second kappa shape index (κ2) is 8.81. The number of rotatable bonds is 7. The van der Waals surface area contributed by atoms with Crippen molar-refractivity contribution in [3.8, 4) is 0 Å². The van der Waals surface area contributed by atoms with Gasteiger partial charge in [0.1, 0.15) is 12.1 Å². The van der Waals surface area contributed by atoms with Crippen molar-refractivity contribution in [2.45, 2.75) is 70.7 Å². The van der Waals surface area contributed by atoms with Crippen LogP contribution in [0, 0.1) is 5.92 Å². The molecule has 0 aromatic heterocycles. The van der Waals surface area contributed by atoms with Gasteiger partial charge in [-0.15, -0.1) is 0 Å². The van der Waals surface area contributed by atoms with Crippen LogP contribution in [0.2, 0.25) is 0 Å². The van der Waals surface area contributed by atoms with E-state index >= 15 is 0 Å². The largest absolute Gasteiger partial charge is 0.483 e. The first-order valence-electron chi connectivity index (χ1n) is 9.00. The summed E-state index contributed by atoms with van der Waals surface area (Å²) in [7, 11) is 3.34. The van der Waals surface area contributed by atoms with Crippen LogP contribution in [-0.2, 0) is 18.9 Å². The predicted octanol–water partition coefficient (Wildman–Crippen LogP) is 3.20. The number of hydrogen-bond donors (Lipinski definition) is 0. The zero-order chi connectivity index (χ0) is 17.6. The van der Waals surface area contributed by atoms with Crippen LogP contribution < -0.4 is 0 Å². The van der Waals surface area contributed by atoms with Crippen molar-refractivity contribution >= 4 is 11.8 Å². The Balaban J connectivity index is 1.80. The fourth-order valence-corrected chi connectivity index (χ4v) is 3.21. The number of aliphatic imine (C=N–C) groups is 2. The highest BCUT2D eigenvalue weighted by atomic mass is 16.7. The van der Waals surface area contributed by atoms with E-state index in [9.17, 15) is 0 Å². The standard InChI is InChI=1S/C18H32N2O4/c1-13(2)15-17(22-5)19-14(16(20-15)21-4)9-7-6-8-10-18(3)23-11-12-24-18/h13-15H,6-12H2,1-5H3/t14-,15+/m0/s1. The van der Waals surface area contributed by atoms with Gasteiger partial charge in [-0.25, -0.2) is 9.98 Å². The third-order valence-electron chi connectivity index (χ3n) is 4.64. The van der Waals surface area contributed by atoms with E-state index < -0.39 is 0 Å². The molecule has 0 unspecified atom stereocenters. The third-order valence-corrected chi connectivity index (χ3v) is 4.64. The predicted molar refractivity (Wildman–Crippen MR) is 94.7 cm³/mol. The molecule has 2 rings (SSSR count). The Kier molecular flexibility index (Phi) is 7.04. The molecular formula is C18H32N2O4. The van der Waals surface area contributed by atoms with Crippen LogP contribution in [0.25, 0.3) is 0 Å². The Labute approximate surface area is 145 Å². The van der Waals surface area contributed by atoms with Crippen LogP contribution in [0.4, 0.5) is 0 Å². The first kappa shape index (κ1) is 19.2. The van der Waals surface area contributed by atoms with Gasteiger partial charge in [-0.05, 0) is 25.7 Å². The Morgan fingerprint density at radius 3 is 2.29 bits per heavy atom. The molecule has 6 nitrogen and oxygen atoms in total. The normalized spacial score (nSPS) is 26.2. The lowest BCUT2D eigenvalue weighted by atomic mass is 10.0. The molecule has 6 heteroatoms. The Bertz CT molecular complexity index is 456. The van der Waals surface area contributed by atoms with E-state index in [0.717, 1.165) is 43.9 Å². The van der Waals surface area contributed by atoms with E-state index in [4.69, 9.17) is 28.9 Å². The number of nitrogens with zero attached hydrogens (tertiary/aromatic N) is 2. The molecule has 2 aliphatic rings. The van der Waals surface area contributed by atoms with Crippen molar-refractivity contribution in [3.05, 3.63) is 0 Å². The highest BCUT2D eigenvalue weighted by molar-refractivity contribution is 5.94. The van der Waals surface area contributed by atoms with E-state index in [1.54, 1.807) is 14.2 Å². The molecule has 1 fully saturated rings. The summed E-state index contributed by atoms with van der Waals surface area (Å²) in [5, 5.41) is 0. The lowest BCUT2D eigenvalue weighted by molar-refractivity contribution is -0.147. The minimum atomic E-state index is -0.379. The van der Waals surface area contributed by atoms with E-state index in [-0.39, 0.29) is 17.9 Å². The zero-order valence-electron chi connectivity index (χ0n) is 15.7. The van der Waals surface area contributed by atoms with E-state index in [0.29, 0.717) is 19.1 Å². The summed E-state index contributed by atoms with van der Waals surface area (Å²) in [6, 6.07) is -0.0765. The molecule has 0 aromatic carbocycles.